The molecule has 0 saturated carbocycles. The van der Waals surface area contributed by atoms with Gasteiger partial charge in [-0.1, -0.05) is 42.5 Å². The maximum Gasteiger partial charge on any atom is 0.308 e. The third kappa shape index (κ3) is 6.45. The molecule has 34 heavy (non-hydrogen) atoms. The van der Waals surface area contributed by atoms with E-state index in [0.717, 1.165) is 16.8 Å². The Kier molecular flexibility index (Phi) is 8.16. The van der Waals surface area contributed by atoms with Crippen LogP contribution in [0, 0.1) is 5.82 Å². The monoisotopic (exact) mass is 469 g/mol. The second-order valence-corrected chi connectivity index (χ2v) is 10.2. The van der Waals surface area contributed by atoms with Crippen molar-refractivity contribution in [2.75, 3.05) is 4.90 Å². The number of esters is 1. The zero-order valence-corrected chi connectivity index (χ0v) is 20.6. The lowest BCUT2D eigenvalue weighted by Crippen LogP contribution is -2.38. The molecule has 0 unspecified atom stereocenters. The summed E-state index contributed by atoms with van der Waals surface area (Å²) in [6.45, 7) is 9.54. The average Bonchev–Trinajstić information content (AvgIpc) is 3.05. The molecule has 0 spiro atoms. The van der Waals surface area contributed by atoms with Crippen molar-refractivity contribution >= 4 is 11.7 Å². The molecular weight excluding hydrogens is 433 g/mol. The predicted molar refractivity (Wildman–Crippen MR) is 132 cm³/mol. The van der Waals surface area contributed by atoms with Crippen molar-refractivity contribution in [1.82, 2.24) is 0 Å². The number of aliphatic hydroxyl groups excluding tert-OH is 2. The third-order valence-corrected chi connectivity index (χ3v) is 5.86. The Morgan fingerprint density at radius 1 is 1.12 bits per heavy atom. The molecule has 3 rings (SSSR count). The van der Waals surface area contributed by atoms with Crippen LogP contribution in [0.15, 0.2) is 60.7 Å². The van der Waals surface area contributed by atoms with Gasteiger partial charge in [0.1, 0.15) is 11.4 Å². The smallest absolute Gasteiger partial charge is 0.308 e. The van der Waals surface area contributed by atoms with Gasteiger partial charge in [-0.15, -0.1) is 0 Å². The van der Waals surface area contributed by atoms with E-state index in [2.05, 4.69) is 30.9 Å². The first-order valence-corrected chi connectivity index (χ1v) is 11.9. The van der Waals surface area contributed by atoms with E-state index in [0.29, 0.717) is 0 Å². The molecule has 1 aliphatic rings. The van der Waals surface area contributed by atoms with Gasteiger partial charge in [-0.3, -0.25) is 4.79 Å². The summed E-state index contributed by atoms with van der Waals surface area (Å²) < 4.78 is 18.9. The molecule has 5 nitrogen and oxygen atoms in total. The van der Waals surface area contributed by atoms with Crippen molar-refractivity contribution in [3.05, 3.63) is 77.6 Å². The topological polar surface area (TPSA) is 70.0 Å². The molecule has 0 aliphatic carbocycles. The number of fused-ring (bicyclic) bond motifs is 1. The van der Waals surface area contributed by atoms with Gasteiger partial charge in [0.15, 0.2) is 0 Å². The minimum atomic E-state index is -1.01. The maximum atomic E-state index is 13.6. The highest BCUT2D eigenvalue weighted by Gasteiger charge is 2.39. The molecular formula is C28H36FNO4. The Morgan fingerprint density at radius 3 is 2.38 bits per heavy atom. The third-order valence-electron chi connectivity index (χ3n) is 5.86. The van der Waals surface area contributed by atoms with Crippen LogP contribution in [0.1, 0.15) is 64.5 Å². The number of carbonyl (C=O) groups excluding carboxylic acids is 1. The fourth-order valence-corrected chi connectivity index (χ4v) is 4.62. The van der Waals surface area contributed by atoms with E-state index in [1.165, 1.54) is 12.1 Å². The molecule has 2 N–H and O–H groups in total. The minimum absolute atomic E-state index is 0.0261. The van der Waals surface area contributed by atoms with Gasteiger partial charge in [-0.2, -0.15) is 0 Å². The Hall–Kier alpha value is -2.70. The van der Waals surface area contributed by atoms with E-state index in [4.69, 9.17) is 4.74 Å². The summed E-state index contributed by atoms with van der Waals surface area (Å²) >= 11 is 0. The zero-order valence-electron chi connectivity index (χ0n) is 20.6. The van der Waals surface area contributed by atoms with E-state index in [-0.39, 0.29) is 36.7 Å². The highest BCUT2D eigenvalue weighted by atomic mass is 19.1. The second-order valence-electron chi connectivity index (χ2n) is 10.2. The molecule has 1 heterocycles. The highest BCUT2D eigenvalue weighted by molar-refractivity contribution is 5.70. The van der Waals surface area contributed by atoms with Gasteiger partial charge in [0.25, 0.3) is 0 Å². The first-order chi connectivity index (χ1) is 16.0. The molecule has 0 amide bonds. The molecule has 184 valence electrons. The lowest BCUT2D eigenvalue weighted by molar-refractivity contribution is -0.157. The van der Waals surface area contributed by atoms with Crippen molar-refractivity contribution < 1.29 is 24.1 Å². The fourth-order valence-electron chi connectivity index (χ4n) is 4.62. The van der Waals surface area contributed by atoms with Gasteiger partial charge in [0, 0.05) is 24.1 Å². The second kappa shape index (κ2) is 10.7. The summed E-state index contributed by atoms with van der Waals surface area (Å²) in [6, 6.07) is 14.8. The number of ether oxygens (including phenoxy) is 1. The number of anilines is 1. The van der Waals surface area contributed by atoms with Crippen molar-refractivity contribution in [2.24, 2.45) is 0 Å². The normalized spacial score (nSPS) is 20.0. The van der Waals surface area contributed by atoms with Crippen molar-refractivity contribution in [3.63, 3.8) is 0 Å². The Morgan fingerprint density at radius 2 is 1.76 bits per heavy atom. The maximum absolute atomic E-state index is 13.6. The quantitative estimate of drug-likeness (QED) is 0.423. The number of hydrogen-bond donors (Lipinski definition) is 2. The van der Waals surface area contributed by atoms with Crippen molar-refractivity contribution in [3.8, 4) is 0 Å². The summed E-state index contributed by atoms with van der Waals surface area (Å²) in [5, 5.41) is 20.9. The van der Waals surface area contributed by atoms with Crippen LogP contribution in [0.2, 0.25) is 0 Å². The Labute approximate surface area is 201 Å². The molecule has 0 saturated heterocycles. The summed E-state index contributed by atoms with van der Waals surface area (Å²) in [4.78, 5) is 14.3. The molecule has 0 fully saturated rings. The van der Waals surface area contributed by atoms with Gasteiger partial charge >= 0.3 is 5.97 Å². The molecule has 1 aliphatic heterocycles. The van der Waals surface area contributed by atoms with Gasteiger partial charge < -0.3 is 19.8 Å². The van der Waals surface area contributed by atoms with Crippen LogP contribution in [0.4, 0.5) is 10.1 Å². The fraction of sp³-hybridized carbons (Fsp3) is 0.464. The number of halogens is 1. The van der Waals surface area contributed by atoms with Gasteiger partial charge in [-0.05, 0) is 63.9 Å². The van der Waals surface area contributed by atoms with Crippen molar-refractivity contribution in [1.29, 1.82) is 0 Å². The minimum Gasteiger partial charge on any atom is -0.460 e. The first kappa shape index (κ1) is 25.9. The molecule has 0 aromatic heterocycles. The lowest BCUT2D eigenvalue weighted by Gasteiger charge is -2.32. The average molecular weight is 470 g/mol. The largest absolute Gasteiger partial charge is 0.460 e. The van der Waals surface area contributed by atoms with Crippen LogP contribution in [-0.4, -0.2) is 46.1 Å². The number of rotatable bonds is 8. The zero-order chi connectivity index (χ0) is 25.0. The molecule has 2 aromatic carbocycles. The number of para-hydroxylation sites is 1. The van der Waals surface area contributed by atoms with Gasteiger partial charge in [0.2, 0.25) is 0 Å². The summed E-state index contributed by atoms with van der Waals surface area (Å²) in [5.74, 6) is -0.809. The first-order valence-electron chi connectivity index (χ1n) is 11.9. The number of carbonyl (C=O) groups is 1. The van der Waals surface area contributed by atoms with E-state index in [9.17, 15) is 19.4 Å². The number of aliphatic hydroxyl groups is 2. The molecule has 6 heteroatoms. The number of hydrogen-bond acceptors (Lipinski definition) is 5. The van der Waals surface area contributed by atoms with Crippen LogP contribution < -0.4 is 4.90 Å². The molecule has 0 bridgehead atoms. The summed E-state index contributed by atoms with van der Waals surface area (Å²) in [7, 11) is 0. The van der Waals surface area contributed by atoms with E-state index in [1.54, 1.807) is 26.8 Å². The molecule has 4 atom stereocenters. The van der Waals surface area contributed by atoms with E-state index in [1.807, 2.05) is 30.3 Å². The van der Waals surface area contributed by atoms with Crippen LogP contribution in [0.25, 0.3) is 0 Å². The van der Waals surface area contributed by atoms with Crippen LogP contribution in [-0.2, 0) is 9.53 Å². The summed E-state index contributed by atoms with van der Waals surface area (Å²) in [6.07, 6.45) is 1.55. The SMILES string of the molecule is CC(C)N1c2ccccc2[C@H](c2ccc(F)cc2)[C@@H]1/C=C\[C@H](O)C[C@@H](O)CC(=O)OC(C)(C)C. The highest BCUT2D eigenvalue weighted by Crippen LogP contribution is 2.46. The van der Waals surface area contributed by atoms with Crippen LogP contribution in [0.5, 0.6) is 0 Å². The Bertz CT molecular complexity index is 996. The van der Waals surface area contributed by atoms with Crippen LogP contribution in [0.3, 0.4) is 0 Å². The van der Waals surface area contributed by atoms with Gasteiger partial charge in [-0.25, -0.2) is 4.39 Å². The van der Waals surface area contributed by atoms with Gasteiger partial charge in [0.05, 0.1) is 24.7 Å². The lowest BCUT2D eigenvalue weighted by atomic mass is 9.87. The number of benzene rings is 2. The van der Waals surface area contributed by atoms with Crippen molar-refractivity contribution in [2.45, 2.75) is 83.3 Å². The molecule has 0 radical (unpaired) electrons. The Balaban J connectivity index is 1.80. The van der Waals surface area contributed by atoms with E-state index < -0.39 is 23.8 Å². The van der Waals surface area contributed by atoms with E-state index >= 15 is 0 Å². The number of nitrogens with zero attached hydrogens (tertiary/aromatic N) is 1. The standard InChI is InChI=1S/C28H36FNO4/c1-18(2)30-24-9-7-6-8-23(24)27(19-10-12-20(29)13-11-19)25(30)15-14-21(31)16-22(32)17-26(33)34-28(3,4)5/h6-15,18,21-22,25,27,31-32H,16-17H2,1-5H3/b15-14-/t21-,22+,25-,27-/m0/s1. The predicted octanol–water partition coefficient (Wildman–Crippen LogP) is 4.95. The molecule has 2 aromatic rings. The van der Waals surface area contributed by atoms with Crippen LogP contribution >= 0.6 is 0 Å². The summed E-state index contributed by atoms with van der Waals surface area (Å²) in [5.41, 5.74) is 2.63.